The van der Waals surface area contributed by atoms with Crippen LogP contribution in [0, 0.1) is 11.3 Å². The third kappa shape index (κ3) is 6.77. The van der Waals surface area contributed by atoms with Crippen LogP contribution in [0.2, 0.25) is 5.02 Å². The van der Waals surface area contributed by atoms with Crippen molar-refractivity contribution in [3.63, 3.8) is 0 Å². The highest BCUT2D eigenvalue weighted by molar-refractivity contribution is 7.07. The van der Waals surface area contributed by atoms with Crippen molar-refractivity contribution in [1.29, 1.82) is 5.26 Å². The molecule has 7 nitrogen and oxygen atoms in total. The van der Waals surface area contributed by atoms with Gasteiger partial charge in [-0.2, -0.15) is 5.26 Å². The zero-order valence-electron chi connectivity index (χ0n) is 17.2. The van der Waals surface area contributed by atoms with Crippen LogP contribution in [-0.2, 0) is 4.79 Å². The Morgan fingerprint density at radius 1 is 1.22 bits per heavy atom. The average Bonchev–Trinajstić information content (AvgIpc) is 3.33. The Bertz CT molecular complexity index is 1040. The summed E-state index contributed by atoms with van der Waals surface area (Å²) in [6, 6.07) is 16.1. The van der Waals surface area contributed by atoms with Crippen LogP contribution in [0.4, 0.5) is 0 Å². The lowest BCUT2D eigenvalue weighted by atomic mass is 9.95. The third-order valence-electron chi connectivity index (χ3n) is 4.63. The summed E-state index contributed by atoms with van der Waals surface area (Å²) in [5.74, 6) is -0.230. The van der Waals surface area contributed by atoms with Crippen molar-refractivity contribution in [2.45, 2.75) is 12.0 Å². The number of carbonyl (C=O) groups excluding carboxylic acids is 1. The topological polar surface area (TPSA) is 107 Å². The summed E-state index contributed by atoms with van der Waals surface area (Å²) in [5.41, 5.74) is 3.63. The molecule has 0 spiro atoms. The van der Waals surface area contributed by atoms with Gasteiger partial charge in [-0.15, -0.1) is 11.3 Å². The first-order valence-electron chi connectivity index (χ1n) is 10.0. The van der Waals surface area contributed by atoms with Crippen molar-refractivity contribution < 1.29 is 14.6 Å². The number of nitrogens with zero attached hydrogens (tertiary/aromatic N) is 2. The summed E-state index contributed by atoms with van der Waals surface area (Å²) in [6.45, 7) is 1.21. The average molecular weight is 471 g/mol. The van der Waals surface area contributed by atoms with E-state index in [-0.39, 0.29) is 19.1 Å². The maximum Gasteiger partial charge on any atom is 0.233 e. The van der Waals surface area contributed by atoms with Gasteiger partial charge in [0.15, 0.2) is 0 Å². The maximum atomic E-state index is 12.8. The molecule has 1 amide bonds. The van der Waals surface area contributed by atoms with Crippen LogP contribution in [0.3, 0.4) is 0 Å². The van der Waals surface area contributed by atoms with Crippen molar-refractivity contribution in [2.75, 3.05) is 26.2 Å². The van der Waals surface area contributed by atoms with E-state index < -0.39 is 12.0 Å². The van der Waals surface area contributed by atoms with Crippen molar-refractivity contribution >= 4 is 28.8 Å². The normalized spacial score (nSPS) is 12.5. The molecule has 2 unspecified atom stereocenters. The van der Waals surface area contributed by atoms with Crippen LogP contribution in [0.25, 0.3) is 0 Å². The van der Waals surface area contributed by atoms with Gasteiger partial charge < -0.3 is 20.5 Å². The highest BCUT2D eigenvalue weighted by atomic mass is 35.5. The Labute approximate surface area is 195 Å². The summed E-state index contributed by atoms with van der Waals surface area (Å²) in [5, 5.41) is 27.6. The molecule has 0 fully saturated rings. The zero-order chi connectivity index (χ0) is 22.8. The zero-order valence-corrected chi connectivity index (χ0v) is 18.8. The number of aliphatic hydroxyl groups is 1. The molecule has 0 radical (unpaired) electrons. The number of amides is 1. The number of benzene rings is 2. The summed E-state index contributed by atoms with van der Waals surface area (Å²) in [6.07, 6.45) is -0.755. The second-order valence-corrected chi connectivity index (χ2v) is 8.12. The van der Waals surface area contributed by atoms with E-state index in [2.05, 4.69) is 21.7 Å². The van der Waals surface area contributed by atoms with Gasteiger partial charge in [-0.05, 0) is 29.8 Å². The molecular formula is C23H23ClN4O3S. The lowest BCUT2D eigenvalue weighted by molar-refractivity contribution is -0.121. The first kappa shape index (κ1) is 23.7. The molecule has 1 aromatic heterocycles. The Kier molecular flexibility index (Phi) is 9.01. The summed E-state index contributed by atoms with van der Waals surface area (Å²) in [7, 11) is 0. The van der Waals surface area contributed by atoms with E-state index in [4.69, 9.17) is 21.6 Å². The smallest absolute Gasteiger partial charge is 0.233 e. The number of aliphatic hydroxyl groups excluding tert-OH is 1. The molecule has 1 heterocycles. The molecule has 2 atom stereocenters. The third-order valence-corrected chi connectivity index (χ3v) is 5.49. The Morgan fingerprint density at radius 3 is 2.72 bits per heavy atom. The Balaban J connectivity index is 1.42. The highest BCUT2D eigenvalue weighted by Crippen LogP contribution is 2.26. The molecule has 2 aromatic carbocycles. The summed E-state index contributed by atoms with van der Waals surface area (Å²) >= 11 is 7.41. The first-order valence-corrected chi connectivity index (χ1v) is 11.3. The number of thiazole rings is 1. The van der Waals surface area contributed by atoms with Crippen LogP contribution in [0.15, 0.2) is 59.4 Å². The molecular weight excluding hydrogens is 448 g/mol. The number of para-hydroxylation sites is 1. The molecule has 9 heteroatoms. The first-order chi connectivity index (χ1) is 15.6. The lowest BCUT2D eigenvalue weighted by Crippen LogP contribution is -2.38. The largest absolute Gasteiger partial charge is 0.489 e. The number of nitriles is 1. The van der Waals surface area contributed by atoms with Crippen LogP contribution < -0.4 is 15.4 Å². The minimum atomic E-state index is -0.755. The number of hydrogen-bond donors (Lipinski definition) is 3. The standard InChI is InChI=1S/C23H23ClN4O3S/c24-18-7-5-16(6-8-18)22(20-14-32-15-28-20)23(30)27-10-9-26-12-19(29)13-31-21-4-2-1-3-17(21)11-25/h1-8,14-15,19,22,26,29H,9-10,12-13H2,(H,27,30). The monoisotopic (exact) mass is 470 g/mol. The number of aromatic nitrogens is 1. The fourth-order valence-electron chi connectivity index (χ4n) is 3.05. The number of hydrogen-bond acceptors (Lipinski definition) is 7. The van der Waals surface area contributed by atoms with E-state index >= 15 is 0 Å². The fraction of sp³-hybridized carbons (Fsp3) is 0.261. The minimum Gasteiger partial charge on any atom is -0.489 e. The fourth-order valence-corrected chi connectivity index (χ4v) is 3.76. The van der Waals surface area contributed by atoms with E-state index in [0.29, 0.717) is 35.1 Å². The molecule has 3 aromatic rings. The SMILES string of the molecule is N#Cc1ccccc1OCC(O)CNCCNC(=O)C(c1ccc(Cl)cc1)c1cscn1. The molecule has 0 aliphatic rings. The quantitative estimate of drug-likeness (QED) is 0.372. The van der Waals surface area contributed by atoms with Gasteiger partial charge in [0.25, 0.3) is 0 Å². The molecule has 0 aliphatic carbocycles. The van der Waals surface area contributed by atoms with E-state index in [0.717, 1.165) is 5.56 Å². The summed E-state index contributed by atoms with van der Waals surface area (Å²) in [4.78, 5) is 17.1. The van der Waals surface area contributed by atoms with Crippen molar-refractivity contribution in [3.8, 4) is 11.8 Å². The predicted octanol–water partition coefficient (Wildman–Crippen LogP) is 2.95. The van der Waals surface area contributed by atoms with E-state index in [1.165, 1.54) is 11.3 Å². The molecule has 0 saturated heterocycles. The Morgan fingerprint density at radius 2 is 2.00 bits per heavy atom. The van der Waals surface area contributed by atoms with Crippen LogP contribution in [0.5, 0.6) is 5.75 Å². The maximum absolute atomic E-state index is 12.8. The van der Waals surface area contributed by atoms with Gasteiger partial charge in [0.2, 0.25) is 5.91 Å². The molecule has 0 aliphatic heterocycles. The molecule has 3 rings (SSSR count). The van der Waals surface area contributed by atoms with Gasteiger partial charge in [-0.25, -0.2) is 4.98 Å². The summed E-state index contributed by atoms with van der Waals surface area (Å²) < 4.78 is 5.52. The number of ether oxygens (including phenoxy) is 1. The van der Waals surface area contributed by atoms with Gasteiger partial charge in [0.1, 0.15) is 30.4 Å². The predicted molar refractivity (Wildman–Crippen MR) is 124 cm³/mol. The van der Waals surface area contributed by atoms with Gasteiger partial charge in [-0.3, -0.25) is 4.79 Å². The van der Waals surface area contributed by atoms with Crippen molar-refractivity contribution in [2.24, 2.45) is 0 Å². The molecule has 0 bridgehead atoms. The van der Waals surface area contributed by atoms with E-state index in [1.807, 2.05) is 17.5 Å². The van der Waals surface area contributed by atoms with Gasteiger partial charge >= 0.3 is 0 Å². The van der Waals surface area contributed by atoms with Gasteiger partial charge in [0, 0.05) is 30.0 Å². The number of carbonyl (C=O) groups is 1. The number of nitrogens with one attached hydrogen (secondary N) is 2. The van der Waals surface area contributed by atoms with E-state index in [9.17, 15) is 9.90 Å². The number of halogens is 1. The van der Waals surface area contributed by atoms with Gasteiger partial charge in [0.05, 0.1) is 16.8 Å². The van der Waals surface area contributed by atoms with Gasteiger partial charge in [-0.1, -0.05) is 35.9 Å². The molecule has 0 saturated carbocycles. The molecule has 3 N–H and O–H groups in total. The second-order valence-electron chi connectivity index (χ2n) is 6.97. The molecule has 166 valence electrons. The number of rotatable bonds is 11. The van der Waals surface area contributed by atoms with Crippen molar-refractivity contribution in [3.05, 3.63) is 81.3 Å². The minimum absolute atomic E-state index is 0.0561. The Hall–Kier alpha value is -2.96. The highest BCUT2D eigenvalue weighted by Gasteiger charge is 2.24. The van der Waals surface area contributed by atoms with Crippen LogP contribution >= 0.6 is 22.9 Å². The van der Waals surface area contributed by atoms with E-state index in [1.54, 1.807) is 41.9 Å². The second kappa shape index (κ2) is 12.2. The lowest BCUT2D eigenvalue weighted by Gasteiger charge is -2.17. The van der Waals surface area contributed by atoms with Crippen LogP contribution in [0.1, 0.15) is 22.7 Å². The molecule has 32 heavy (non-hydrogen) atoms. The van der Waals surface area contributed by atoms with Crippen molar-refractivity contribution in [1.82, 2.24) is 15.6 Å². The van der Waals surface area contributed by atoms with Crippen LogP contribution in [-0.4, -0.2) is 48.3 Å².